The second-order valence-corrected chi connectivity index (χ2v) is 4.47. The van der Waals surface area contributed by atoms with Gasteiger partial charge in [0.15, 0.2) is 0 Å². The van der Waals surface area contributed by atoms with Crippen LogP contribution >= 0.6 is 0 Å². The summed E-state index contributed by atoms with van der Waals surface area (Å²) in [7, 11) is 0. The second kappa shape index (κ2) is 6.86. The minimum Gasteiger partial charge on any atom is -0.103 e. The van der Waals surface area contributed by atoms with Crippen molar-refractivity contribution in [3.63, 3.8) is 0 Å². The number of hydrogen-bond acceptors (Lipinski definition) is 0. The van der Waals surface area contributed by atoms with E-state index in [0.717, 1.165) is 11.8 Å². The average molecular weight is 192 g/mol. The van der Waals surface area contributed by atoms with Gasteiger partial charge in [-0.05, 0) is 56.8 Å². The molecule has 0 unspecified atom stereocenters. The maximum absolute atomic E-state index is 3.88. The van der Waals surface area contributed by atoms with Gasteiger partial charge in [0, 0.05) is 0 Å². The lowest BCUT2D eigenvalue weighted by molar-refractivity contribution is 0.297. The third kappa shape index (κ3) is 4.13. The van der Waals surface area contributed by atoms with Crippen molar-refractivity contribution in [1.29, 1.82) is 0 Å². The van der Waals surface area contributed by atoms with E-state index in [9.17, 15) is 0 Å². The van der Waals surface area contributed by atoms with Gasteiger partial charge in [-0.25, -0.2) is 0 Å². The Morgan fingerprint density at radius 3 is 2.43 bits per heavy atom. The first kappa shape index (κ1) is 11.6. The fraction of sp³-hybridized carbons (Fsp3) is 0.714. The highest BCUT2D eigenvalue weighted by Crippen LogP contribution is 2.31. The quantitative estimate of drug-likeness (QED) is 0.553. The highest BCUT2D eigenvalue weighted by atomic mass is 14.2. The molecule has 0 heteroatoms. The molecule has 0 aromatic carbocycles. The van der Waals surface area contributed by atoms with Crippen LogP contribution < -0.4 is 0 Å². The van der Waals surface area contributed by atoms with Gasteiger partial charge in [-0.2, -0.15) is 0 Å². The Labute approximate surface area is 89.1 Å². The molecule has 1 fully saturated rings. The van der Waals surface area contributed by atoms with Crippen LogP contribution in [-0.2, 0) is 0 Å². The summed E-state index contributed by atoms with van der Waals surface area (Å²) in [4.78, 5) is 0. The first-order valence-corrected chi connectivity index (χ1v) is 6.14. The molecule has 0 amide bonds. The summed E-state index contributed by atoms with van der Waals surface area (Å²) < 4.78 is 0. The fourth-order valence-electron chi connectivity index (χ4n) is 2.33. The predicted molar refractivity (Wildman–Crippen MR) is 64.3 cm³/mol. The molecule has 80 valence electrons. The molecule has 0 aromatic rings. The van der Waals surface area contributed by atoms with E-state index >= 15 is 0 Å². The lowest BCUT2D eigenvalue weighted by atomic mass is 9.80. The third-order valence-corrected chi connectivity index (χ3v) is 3.37. The summed E-state index contributed by atoms with van der Waals surface area (Å²) in [5.74, 6) is 1.81. The summed E-state index contributed by atoms with van der Waals surface area (Å²) >= 11 is 0. The zero-order valence-electron chi connectivity index (χ0n) is 9.54. The highest BCUT2D eigenvalue weighted by Gasteiger charge is 2.17. The third-order valence-electron chi connectivity index (χ3n) is 3.37. The molecule has 1 aliphatic rings. The van der Waals surface area contributed by atoms with Crippen LogP contribution in [0, 0.1) is 11.8 Å². The van der Waals surface area contributed by atoms with Crippen molar-refractivity contribution in [1.82, 2.24) is 0 Å². The largest absolute Gasteiger partial charge is 0.103 e. The van der Waals surface area contributed by atoms with Gasteiger partial charge >= 0.3 is 0 Å². The molecule has 0 atom stereocenters. The van der Waals surface area contributed by atoms with Crippen LogP contribution in [0.15, 0.2) is 24.8 Å². The molecule has 0 radical (unpaired) electrons. The molecule has 0 aliphatic heterocycles. The van der Waals surface area contributed by atoms with Crippen LogP contribution in [-0.4, -0.2) is 0 Å². The lowest BCUT2D eigenvalue weighted by Crippen LogP contribution is -2.12. The van der Waals surface area contributed by atoms with Gasteiger partial charge in [0.25, 0.3) is 0 Å². The van der Waals surface area contributed by atoms with Gasteiger partial charge in [-0.1, -0.05) is 25.2 Å². The van der Waals surface area contributed by atoms with Gasteiger partial charge in [-0.3, -0.25) is 0 Å². The minimum atomic E-state index is 0.817. The van der Waals surface area contributed by atoms with E-state index in [4.69, 9.17) is 0 Å². The van der Waals surface area contributed by atoms with Gasteiger partial charge < -0.3 is 0 Å². The normalized spacial score (nSPS) is 28.1. The molecule has 1 aliphatic carbocycles. The molecule has 0 N–H and O–H groups in total. The second-order valence-electron chi connectivity index (χ2n) is 4.47. The molecule has 0 aromatic heterocycles. The number of allylic oxidation sites excluding steroid dienone is 3. The van der Waals surface area contributed by atoms with Crippen LogP contribution in [0.3, 0.4) is 0 Å². The Bertz CT molecular complexity index is 170. The maximum atomic E-state index is 3.88. The van der Waals surface area contributed by atoms with Crippen molar-refractivity contribution in [3.8, 4) is 0 Å². The average Bonchev–Trinajstić information content (AvgIpc) is 2.25. The Hall–Kier alpha value is -0.520. The van der Waals surface area contributed by atoms with Crippen molar-refractivity contribution < 1.29 is 0 Å². The van der Waals surface area contributed by atoms with E-state index < -0.39 is 0 Å². The van der Waals surface area contributed by atoms with Gasteiger partial charge in [-0.15, -0.1) is 6.58 Å². The van der Waals surface area contributed by atoms with Crippen molar-refractivity contribution in [2.24, 2.45) is 11.8 Å². The van der Waals surface area contributed by atoms with E-state index in [1.807, 2.05) is 0 Å². The summed E-state index contributed by atoms with van der Waals surface area (Å²) in [5, 5.41) is 0. The van der Waals surface area contributed by atoms with E-state index in [0.29, 0.717) is 0 Å². The van der Waals surface area contributed by atoms with Crippen LogP contribution in [0.4, 0.5) is 0 Å². The molecule has 0 spiro atoms. The summed E-state index contributed by atoms with van der Waals surface area (Å²) in [6, 6.07) is 0. The Kier molecular flexibility index (Phi) is 5.66. The monoisotopic (exact) mass is 192 g/mol. The predicted octanol–water partition coefficient (Wildman–Crippen LogP) is 4.73. The van der Waals surface area contributed by atoms with Crippen molar-refractivity contribution in [2.75, 3.05) is 0 Å². The summed E-state index contributed by atoms with van der Waals surface area (Å²) in [6.07, 6.45) is 16.3. The first-order valence-electron chi connectivity index (χ1n) is 6.14. The van der Waals surface area contributed by atoms with Crippen molar-refractivity contribution in [3.05, 3.63) is 24.8 Å². The topological polar surface area (TPSA) is 0 Å². The smallest absolute Gasteiger partial charge is 0.0236 e. The molecule has 0 nitrogen and oxygen atoms in total. The van der Waals surface area contributed by atoms with E-state index in [2.05, 4.69) is 31.7 Å². The van der Waals surface area contributed by atoms with Crippen LogP contribution in [0.1, 0.15) is 51.9 Å². The van der Waals surface area contributed by atoms with Crippen LogP contribution in [0.25, 0.3) is 0 Å². The minimum absolute atomic E-state index is 0.817. The van der Waals surface area contributed by atoms with Crippen LogP contribution in [0.5, 0.6) is 0 Å². The fourth-order valence-corrected chi connectivity index (χ4v) is 2.33. The van der Waals surface area contributed by atoms with Gasteiger partial charge in [0.1, 0.15) is 0 Å². The number of hydrogen-bond donors (Lipinski definition) is 0. The highest BCUT2D eigenvalue weighted by molar-refractivity contribution is 4.86. The van der Waals surface area contributed by atoms with E-state index in [1.165, 1.54) is 44.9 Å². The molecule has 14 heavy (non-hydrogen) atoms. The standard InChI is InChI=1S/C14H24/c1-3-5-6-7-8-14-11-9-13(4-2)10-12-14/h4-6,13-14H,2-3,7-12H2,1H3. The number of rotatable bonds is 5. The summed E-state index contributed by atoms with van der Waals surface area (Å²) in [5.41, 5.74) is 0. The molecule has 0 saturated heterocycles. The molecule has 0 heterocycles. The Balaban J connectivity index is 2.09. The van der Waals surface area contributed by atoms with Crippen molar-refractivity contribution >= 4 is 0 Å². The Morgan fingerprint density at radius 2 is 1.86 bits per heavy atom. The van der Waals surface area contributed by atoms with E-state index in [-0.39, 0.29) is 0 Å². The van der Waals surface area contributed by atoms with E-state index in [1.54, 1.807) is 0 Å². The van der Waals surface area contributed by atoms with Gasteiger partial charge in [0.2, 0.25) is 0 Å². The first-order chi connectivity index (χ1) is 6.86. The lowest BCUT2D eigenvalue weighted by Gasteiger charge is -2.26. The SMILES string of the molecule is C=CC1CCC(CCC=CCC)CC1. The molecule has 1 saturated carbocycles. The maximum Gasteiger partial charge on any atom is -0.0236 e. The molecule has 0 bridgehead atoms. The summed E-state index contributed by atoms with van der Waals surface area (Å²) in [6.45, 7) is 6.08. The molecular weight excluding hydrogens is 168 g/mol. The molecular formula is C14H24. The van der Waals surface area contributed by atoms with Crippen LogP contribution in [0.2, 0.25) is 0 Å². The molecule has 1 rings (SSSR count). The zero-order chi connectivity index (χ0) is 10.2. The van der Waals surface area contributed by atoms with Gasteiger partial charge in [0.05, 0.1) is 0 Å². The zero-order valence-corrected chi connectivity index (χ0v) is 9.54. The Morgan fingerprint density at radius 1 is 1.14 bits per heavy atom. The van der Waals surface area contributed by atoms with Crippen molar-refractivity contribution in [2.45, 2.75) is 51.9 Å².